The summed E-state index contributed by atoms with van der Waals surface area (Å²) in [7, 11) is 0. The molecule has 1 aliphatic carbocycles. The zero-order valence-electron chi connectivity index (χ0n) is 9.30. The van der Waals surface area contributed by atoms with E-state index in [2.05, 4.69) is 5.32 Å². The third-order valence-electron chi connectivity index (χ3n) is 2.83. The second-order valence-corrected chi connectivity index (χ2v) is 4.15. The van der Waals surface area contributed by atoms with Crippen LogP contribution in [0.5, 0.6) is 0 Å². The number of allylic oxidation sites excluding steroid dienone is 1. The van der Waals surface area contributed by atoms with E-state index in [9.17, 15) is 13.2 Å². The van der Waals surface area contributed by atoms with Crippen molar-refractivity contribution >= 4 is 5.69 Å². The van der Waals surface area contributed by atoms with Crippen molar-refractivity contribution in [3.63, 3.8) is 0 Å². The zero-order chi connectivity index (χ0) is 12.3. The third-order valence-corrected chi connectivity index (χ3v) is 2.83. The number of benzene rings is 1. The van der Waals surface area contributed by atoms with E-state index < -0.39 is 11.7 Å². The highest BCUT2D eigenvalue weighted by molar-refractivity contribution is 5.53. The van der Waals surface area contributed by atoms with Gasteiger partial charge >= 0.3 is 6.18 Å². The number of hydrogen-bond donors (Lipinski definition) is 1. The minimum Gasteiger partial charge on any atom is -0.378 e. The van der Waals surface area contributed by atoms with Crippen molar-refractivity contribution in [3.05, 3.63) is 42.0 Å². The van der Waals surface area contributed by atoms with Crippen LogP contribution in [0.4, 0.5) is 18.9 Å². The minimum atomic E-state index is -4.30. The van der Waals surface area contributed by atoms with Crippen LogP contribution >= 0.6 is 0 Å². The summed E-state index contributed by atoms with van der Waals surface area (Å²) in [6, 6.07) is 5.61. The molecule has 0 aromatic heterocycles. The summed E-state index contributed by atoms with van der Waals surface area (Å²) >= 11 is 0. The van der Waals surface area contributed by atoms with Crippen LogP contribution in [0.2, 0.25) is 0 Å². The number of rotatable bonds is 2. The molecule has 1 N–H and O–H groups in total. The second kappa shape index (κ2) is 4.82. The average molecular weight is 241 g/mol. The second-order valence-electron chi connectivity index (χ2n) is 4.15. The van der Waals surface area contributed by atoms with Gasteiger partial charge in [0.1, 0.15) is 0 Å². The Labute approximate surface area is 98.3 Å². The van der Waals surface area contributed by atoms with Gasteiger partial charge in [0.25, 0.3) is 0 Å². The Balaban J connectivity index is 2.20. The van der Waals surface area contributed by atoms with Crippen molar-refractivity contribution in [2.45, 2.75) is 31.5 Å². The van der Waals surface area contributed by atoms with Crippen LogP contribution in [0.25, 0.3) is 0 Å². The van der Waals surface area contributed by atoms with Crippen molar-refractivity contribution < 1.29 is 13.2 Å². The lowest BCUT2D eigenvalue weighted by Crippen LogP contribution is -2.21. The van der Waals surface area contributed by atoms with E-state index >= 15 is 0 Å². The van der Waals surface area contributed by atoms with Gasteiger partial charge in [0.15, 0.2) is 0 Å². The Kier molecular flexibility index (Phi) is 3.41. The Bertz CT molecular complexity index is 409. The van der Waals surface area contributed by atoms with Gasteiger partial charge in [0.05, 0.1) is 5.56 Å². The number of halogens is 3. The number of anilines is 1. The van der Waals surface area contributed by atoms with Gasteiger partial charge in [-0.25, -0.2) is 0 Å². The summed E-state index contributed by atoms with van der Waals surface area (Å²) < 4.78 is 38.2. The first-order valence-corrected chi connectivity index (χ1v) is 5.67. The highest BCUT2D eigenvalue weighted by Gasteiger charge is 2.33. The Morgan fingerprint density at radius 1 is 1.18 bits per heavy atom. The van der Waals surface area contributed by atoms with E-state index in [-0.39, 0.29) is 11.7 Å². The van der Waals surface area contributed by atoms with Gasteiger partial charge in [0.2, 0.25) is 0 Å². The van der Waals surface area contributed by atoms with Gasteiger partial charge in [-0.15, -0.1) is 0 Å². The van der Waals surface area contributed by atoms with Gasteiger partial charge in [0, 0.05) is 11.7 Å². The smallest absolute Gasteiger partial charge is 0.378 e. The fraction of sp³-hybridized carbons (Fsp3) is 0.385. The summed E-state index contributed by atoms with van der Waals surface area (Å²) in [5.74, 6) is 0. The summed E-state index contributed by atoms with van der Waals surface area (Å²) in [5, 5.41) is 2.95. The quantitative estimate of drug-likeness (QED) is 0.764. The minimum absolute atomic E-state index is 0.00671. The highest BCUT2D eigenvalue weighted by atomic mass is 19.4. The highest BCUT2D eigenvalue weighted by Crippen LogP contribution is 2.35. The number of alkyl halides is 3. The molecule has 0 spiro atoms. The monoisotopic (exact) mass is 241 g/mol. The van der Waals surface area contributed by atoms with Crippen molar-refractivity contribution in [2.24, 2.45) is 0 Å². The maximum Gasteiger partial charge on any atom is 0.418 e. The number of nitrogens with one attached hydrogen (secondary N) is 1. The van der Waals surface area contributed by atoms with Gasteiger partial charge in [-0.3, -0.25) is 0 Å². The third kappa shape index (κ3) is 3.02. The number of hydrogen-bond acceptors (Lipinski definition) is 1. The summed E-state index contributed by atoms with van der Waals surface area (Å²) in [5.41, 5.74) is -0.435. The molecule has 1 nitrogen and oxygen atoms in total. The van der Waals surface area contributed by atoms with Crippen LogP contribution < -0.4 is 5.32 Å². The van der Waals surface area contributed by atoms with Crippen LogP contribution in [0.15, 0.2) is 36.4 Å². The molecule has 0 fully saturated rings. The molecular formula is C13H14F3N. The molecule has 1 aromatic rings. The van der Waals surface area contributed by atoms with E-state index in [0.717, 1.165) is 25.3 Å². The normalized spacial score (nSPS) is 20.3. The zero-order valence-corrected chi connectivity index (χ0v) is 9.30. The Hall–Kier alpha value is -1.45. The molecule has 0 saturated carbocycles. The molecule has 0 heterocycles. The lowest BCUT2D eigenvalue weighted by atomic mass is 10.0. The maximum atomic E-state index is 12.7. The fourth-order valence-electron chi connectivity index (χ4n) is 1.99. The molecule has 4 heteroatoms. The standard InChI is InChI=1S/C13H14F3N/c14-13(15,16)11-8-4-5-9-12(11)17-10-6-2-1-3-7-10/h2,4-6,8-10,17H,1,3,7H2. The largest absolute Gasteiger partial charge is 0.418 e. The molecule has 0 saturated heterocycles. The molecule has 92 valence electrons. The van der Waals surface area contributed by atoms with E-state index in [1.165, 1.54) is 12.1 Å². The van der Waals surface area contributed by atoms with Gasteiger partial charge in [-0.2, -0.15) is 13.2 Å². The predicted molar refractivity (Wildman–Crippen MR) is 61.8 cm³/mol. The van der Waals surface area contributed by atoms with Gasteiger partial charge in [-0.1, -0.05) is 24.3 Å². The van der Waals surface area contributed by atoms with Crippen molar-refractivity contribution in [2.75, 3.05) is 5.32 Å². The molecule has 0 amide bonds. The van der Waals surface area contributed by atoms with E-state index in [0.29, 0.717) is 0 Å². The van der Waals surface area contributed by atoms with Crippen LogP contribution in [0.1, 0.15) is 24.8 Å². The molecule has 2 rings (SSSR count). The number of para-hydroxylation sites is 1. The van der Waals surface area contributed by atoms with E-state index in [1.54, 1.807) is 6.07 Å². The van der Waals surface area contributed by atoms with Crippen molar-refractivity contribution in [1.29, 1.82) is 0 Å². The average Bonchev–Trinajstić information content (AvgIpc) is 2.30. The van der Waals surface area contributed by atoms with E-state index in [4.69, 9.17) is 0 Å². The van der Waals surface area contributed by atoms with Crippen LogP contribution in [0, 0.1) is 0 Å². The molecule has 17 heavy (non-hydrogen) atoms. The Morgan fingerprint density at radius 2 is 1.94 bits per heavy atom. The SMILES string of the molecule is FC(F)(F)c1ccccc1NC1C=CCCC1. The molecule has 0 radical (unpaired) electrons. The molecule has 1 aromatic carbocycles. The molecule has 1 aliphatic rings. The predicted octanol–water partition coefficient (Wildman–Crippen LogP) is 4.23. The summed E-state index contributed by atoms with van der Waals surface area (Å²) in [6.45, 7) is 0. The molecule has 1 atom stereocenters. The lowest BCUT2D eigenvalue weighted by Gasteiger charge is -2.21. The van der Waals surface area contributed by atoms with Crippen LogP contribution in [-0.4, -0.2) is 6.04 Å². The van der Waals surface area contributed by atoms with Crippen molar-refractivity contribution in [1.82, 2.24) is 0 Å². The van der Waals surface area contributed by atoms with E-state index in [1.807, 2.05) is 12.2 Å². The van der Waals surface area contributed by atoms with Crippen LogP contribution in [0.3, 0.4) is 0 Å². The first-order valence-electron chi connectivity index (χ1n) is 5.67. The molecule has 0 aliphatic heterocycles. The molecule has 0 bridgehead atoms. The summed E-state index contributed by atoms with van der Waals surface area (Å²) in [6.07, 6.45) is 2.56. The maximum absolute atomic E-state index is 12.7. The summed E-state index contributed by atoms with van der Waals surface area (Å²) in [4.78, 5) is 0. The molecule has 1 unspecified atom stereocenters. The fourth-order valence-corrected chi connectivity index (χ4v) is 1.99. The molecular weight excluding hydrogens is 227 g/mol. The van der Waals surface area contributed by atoms with Gasteiger partial charge in [-0.05, 0) is 31.4 Å². The topological polar surface area (TPSA) is 12.0 Å². The van der Waals surface area contributed by atoms with Crippen LogP contribution in [-0.2, 0) is 6.18 Å². The first-order chi connectivity index (χ1) is 8.07. The van der Waals surface area contributed by atoms with Crippen molar-refractivity contribution in [3.8, 4) is 0 Å². The lowest BCUT2D eigenvalue weighted by molar-refractivity contribution is -0.137. The van der Waals surface area contributed by atoms with Gasteiger partial charge < -0.3 is 5.32 Å². The Morgan fingerprint density at radius 3 is 2.59 bits per heavy atom. The first kappa shape index (κ1) is 12.0.